The Morgan fingerprint density at radius 1 is 0.871 bits per heavy atom. The largest absolute Gasteiger partial charge is 0.357 e. The summed E-state index contributed by atoms with van der Waals surface area (Å²) in [6.45, 7) is 8.15. The topological polar surface area (TPSA) is 51.7 Å². The van der Waals surface area contributed by atoms with Crippen molar-refractivity contribution in [1.82, 2.24) is 20.1 Å². The minimum atomic E-state index is -0.00434. The van der Waals surface area contributed by atoms with Crippen molar-refractivity contribution in [3.63, 3.8) is 0 Å². The number of aromatic nitrogens is 1. The van der Waals surface area contributed by atoms with Crippen molar-refractivity contribution in [2.24, 2.45) is 0 Å². The summed E-state index contributed by atoms with van der Waals surface area (Å²) in [4.78, 5) is 24.3. The van der Waals surface area contributed by atoms with E-state index in [1.807, 2.05) is 30.5 Å². The van der Waals surface area contributed by atoms with Gasteiger partial charge in [-0.25, -0.2) is 4.98 Å². The lowest BCUT2D eigenvalue weighted by atomic mass is 10.1. The number of nitrogens with one attached hydrogen (secondary N) is 1. The molecule has 0 unspecified atom stereocenters. The average Bonchev–Trinajstić information content (AvgIpc) is 3.10. The van der Waals surface area contributed by atoms with E-state index >= 15 is 0 Å². The molecule has 1 amide bonds. The molecule has 1 aromatic carbocycles. The number of carbonyl (C=O) groups is 1. The molecule has 0 radical (unpaired) electrons. The smallest absolute Gasteiger partial charge is 0.251 e. The van der Waals surface area contributed by atoms with Crippen molar-refractivity contribution in [3.05, 3.63) is 48.2 Å². The van der Waals surface area contributed by atoms with E-state index in [1.165, 1.54) is 25.7 Å². The SMILES string of the molecule is CN1CCN(CCNC(=O)c2ccc(-c3ccc(N4CCCCCC4)nc3)cc2)CC1. The molecule has 2 aliphatic rings. The van der Waals surface area contributed by atoms with Crippen molar-refractivity contribution in [1.29, 1.82) is 0 Å². The highest BCUT2D eigenvalue weighted by Gasteiger charge is 2.14. The van der Waals surface area contributed by atoms with Crippen LogP contribution in [0, 0.1) is 0 Å². The first kappa shape index (κ1) is 21.8. The first-order chi connectivity index (χ1) is 15.2. The molecule has 2 aromatic rings. The monoisotopic (exact) mass is 421 g/mol. The van der Waals surface area contributed by atoms with Crippen LogP contribution in [-0.4, -0.2) is 80.1 Å². The lowest BCUT2D eigenvalue weighted by Crippen LogP contribution is -2.46. The summed E-state index contributed by atoms with van der Waals surface area (Å²) in [5, 5.41) is 3.05. The van der Waals surface area contributed by atoms with Gasteiger partial charge in [-0.2, -0.15) is 0 Å². The summed E-state index contributed by atoms with van der Waals surface area (Å²) in [6.07, 6.45) is 7.10. The second kappa shape index (κ2) is 10.7. The summed E-state index contributed by atoms with van der Waals surface area (Å²) < 4.78 is 0. The van der Waals surface area contributed by atoms with Crippen LogP contribution in [0.4, 0.5) is 5.82 Å². The van der Waals surface area contributed by atoms with Crippen LogP contribution in [-0.2, 0) is 0 Å². The molecule has 6 heteroatoms. The quantitative estimate of drug-likeness (QED) is 0.777. The highest BCUT2D eigenvalue weighted by Crippen LogP contribution is 2.23. The molecule has 2 saturated heterocycles. The molecular formula is C25H35N5O. The summed E-state index contributed by atoms with van der Waals surface area (Å²) in [7, 11) is 2.16. The van der Waals surface area contributed by atoms with E-state index in [1.54, 1.807) is 0 Å². The molecule has 166 valence electrons. The second-order valence-electron chi connectivity index (χ2n) is 8.78. The van der Waals surface area contributed by atoms with Gasteiger partial charge in [0.15, 0.2) is 0 Å². The maximum atomic E-state index is 12.5. The number of nitrogens with zero attached hydrogens (tertiary/aromatic N) is 4. The van der Waals surface area contributed by atoms with Crippen LogP contribution < -0.4 is 10.2 Å². The van der Waals surface area contributed by atoms with E-state index in [4.69, 9.17) is 4.98 Å². The Morgan fingerprint density at radius 2 is 1.55 bits per heavy atom. The number of piperazine rings is 1. The lowest BCUT2D eigenvalue weighted by molar-refractivity contribution is 0.0941. The molecule has 4 rings (SSSR count). The van der Waals surface area contributed by atoms with Gasteiger partial charge >= 0.3 is 0 Å². The van der Waals surface area contributed by atoms with Crippen molar-refractivity contribution in [3.8, 4) is 11.1 Å². The Morgan fingerprint density at radius 3 is 2.19 bits per heavy atom. The summed E-state index contributed by atoms with van der Waals surface area (Å²) in [6, 6.07) is 12.1. The predicted octanol–water partition coefficient (Wildman–Crippen LogP) is 3.11. The molecular weight excluding hydrogens is 386 g/mol. The fraction of sp³-hybridized carbons (Fsp3) is 0.520. The van der Waals surface area contributed by atoms with Gasteiger partial charge in [-0.15, -0.1) is 0 Å². The highest BCUT2D eigenvalue weighted by molar-refractivity contribution is 5.94. The highest BCUT2D eigenvalue weighted by atomic mass is 16.1. The fourth-order valence-electron chi connectivity index (χ4n) is 4.36. The molecule has 3 heterocycles. The molecule has 31 heavy (non-hydrogen) atoms. The Labute approximate surface area is 186 Å². The van der Waals surface area contributed by atoms with Crippen LogP contribution in [0.5, 0.6) is 0 Å². The summed E-state index contributed by atoms with van der Waals surface area (Å²) >= 11 is 0. The van der Waals surface area contributed by atoms with Crippen molar-refractivity contribution in [2.45, 2.75) is 25.7 Å². The van der Waals surface area contributed by atoms with Gasteiger partial charge in [-0.1, -0.05) is 25.0 Å². The van der Waals surface area contributed by atoms with Crippen molar-refractivity contribution < 1.29 is 4.79 Å². The molecule has 6 nitrogen and oxygen atoms in total. The number of rotatable bonds is 6. The van der Waals surface area contributed by atoms with E-state index in [2.05, 4.69) is 39.2 Å². The minimum Gasteiger partial charge on any atom is -0.357 e. The van der Waals surface area contributed by atoms with Crippen LogP contribution in [0.25, 0.3) is 11.1 Å². The number of carbonyl (C=O) groups excluding carboxylic acids is 1. The zero-order valence-electron chi connectivity index (χ0n) is 18.7. The zero-order valence-corrected chi connectivity index (χ0v) is 18.7. The van der Waals surface area contributed by atoms with E-state index < -0.39 is 0 Å². The standard InChI is InChI=1S/C25H35N5O/c1-28-16-18-29(19-17-28)15-12-26-25(31)22-8-6-21(7-9-22)23-10-11-24(27-20-23)30-13-4-2-3-5-14-30/h6-11,20H,2-5,12-19H2,1H3,(H,26,31). The van der Waals surface area contributed by atoms with E-state index in [0.717, 1.165) is 62.8 Å². The first-order valence-corrected chi connectivity index (χ1v) is 11.7. The molecule has 1 N–H and O–H groups in total. The van der Waals surface area contributed by atoms with Gasteiger partial charge in [0.2, 0.25) is 0 Å². The van der Waals surface area contributed by atoms with Crippen molar-refractivity contribution in [2.75, 3.05) is 64.3 Å². The maximum Gasteiger partial charge on any atom is 0.251 e. The minimum absolute atomic E-state index is 0.00434. The Kier molecular flexibility index (Phi) is 7.54. The Balaban J connectivity index is 1.28. The van der Waals surface area contributed by atoms with Gasteiger partial charge in [-0.3, -0.25) is 9.69 Å². The van der Waals surface area contributed by atoms with Crippen LogP contribution in [0.2, 0.25) is 0 Å². The Hall–Kier alpha value is -2.44. The van der Waals surface area contributed by atoms with E-state index in [0.29, 0.717) is 12.1 Å². The molecule has 1 aromatic heterocycles. The van der Waals surface area contributed by atoms with Gasteiger partial charge in [-0.05, 0) is 49.7 Å². The number of amides is 1. The first-order valence-electron chi connectivity index (χ1n) is 11.7. The van der Waals surface area contributed by atoms with Crippen LogP contribution >= 0.6 is 0 Å². The maximum absolute atomic E-state index is 12.5. The number of benzene rings is 1. The third-order valence-corrected chi connectivity index (χ3v) is 6.47. The predicted molar refractivity (Wildman–Crippen MR) is 127 cm³/mol. The van der Waals surface area contributed by atoms with Gasteiger partial charge in [0, 0.05) is 69.7 Å². The van der Waals surface area contributed by atoms with Crippen LogP contribution in [0.3, 0.4) is 0 Å². The third kappa shape index (κ3) is 6.05. The summed E-state index contributed by atoms with van der Waals surface area (Å²) in [5.41, 5.74) is 2.88. The number of hydrogen-bond acceptors (Lipinski definition) is 5. The number of likely N-dealkylation sites (N-methyl/N-ethyl adjacent to an activating group) is 1. The van der Waals surface area contributed by atoms with Gasteiger partial charge in [0.1, 0.15) is 5.82 Å². The molecule has 0 atom stereocenters. The van der Waals surface area contributed by atoms with Crippen LogP contribution in [0.1, 0.15) is 36.0 Å². The number of hydrogen-bond donors (Lipinski definition) is 1. The van der Waals surface area contributed by atoms with Gasteiger partial charge in [0.25, 0.3) is 5.91 Å². The number of anilines is 1. The number of pyridine rings is 1. The molecule has 0 saturated carbocycles. The third-order valence-electron chi connectivity index (χ3n) is 6.47. The molecule has 2 aliphatic heterocycles. The zero-order chi connectivity index (χ0) is 21.5. The molecule has 0 spiro atoms. The summed E-state index contributed by atoms with van der Waals surface area (Å²) in [5.74, 6) is 1.07. The molecule has 0 aliphatic carbocycles. The molecule has 2 fully saturated rings. The molecule has 0 bridgehead atoms. The van der Waals surface area contributed by atoms with Gasteiger partial charge in [0.05, 0.1) is 0 Å². The second-order valence-corrected chi connectivity index (χ2v) is 8.78. The fourth-order valence-corrected chi connectivity index (χ4v) is 4.36. The van der Waals surface area contributed by atoms with Crippen molar-refractivity contribution >= 4 is 11.7 Å². The average molecular weight is 422 g/mol. The normalized spacial score (nSPS) is 18.5. The van der Waals surface area contributed by atoms with Crippen LogP contribution in [0.15, 0.2) is 42.6 Å². The van der Waals surface area contributed by atoms with E-state index in [-0.39, 0.29) is 5.91 Å². The Bertz CT molecular complexity index is 820. The van der Waals surface area contributed by atoms with E-state index in [9.17, 15) is 4.79 Å². The van der Waals surface area contributed by atoms with Gasteiger partial charge < -0.3 is 15.1 Å². The lowest BCUT2D eigenvalue weighted by Gasteiger charge is -2.32.